The molecular weight excluding hydrogens is 550 g/mol. The molecule has 2 saturated heterocycles. The number of imidazole rings is 1. The molecule has 11 atom stereocenters. The SMILES string of the molecule is C[C@@H]1O[C@H](OP(=O)(O)OP(=O)(O)OC[C@H]2O[C@@H](n3cnc4c(=O)[nH]cnc43)[C@H](O)[C@@H]2O)[C@@H](O)[C@@H](O)[C@H]1O. The lowest BCUT2D eigenvalue weighted by Crippen LogP contribution is -2.57. The van der Waals surface area contributed by atoms with Gasteiger partial charge < -0.3 is 49.8 Å². The van der Waals surface area contributed by atoms with Crippen molar-refractivity contribution in [1.82, 2.24) is 19.5 Å². The maximum atomic E-state index is 12.2. The van der Waals surface area contributed by atoms with Crippen LogP contribution in [0.15, 0.2) is 17.4 Å². The summed E-state index contributed by atoms with van der Waals surface area (Å²) < 4.78 is 49.3. The first-order valence-electron chi connectivity index (χ1n) is 10.5. The predicted octanol–water partition coefficient (Wildman–Crippen LogP) is -3.18. The van der Waals surface area contributed by atoms with E-state index in [1.165, 1.54) is 6.92 Å². The maximum absolute atomic E-state index is 12.2. The normalized spacial score (nSPS) is 37.9. The van der Waals surface area contributed by atoms with Crippen LogP contribution in [0, 0.1) is 0 Å². The zero-order valence-electron chi connectivity index (χ0n) is 18.7. The van der Waals surface area contributed by atoms with Crippen molar-refractivity contribution in [3.05, 3.63) is 23.0 Å². The summed E-state index contributed by atoms with van der Waals surface area (Å²) in [5, 5.41) is 49.9. The minimum atomic E-state index is -5.49. The highest BCUT2D eigenvalue weighted by atomic mass is 31.3. The lowest BCUT2D eigenvalue weighted by atomic mass is 10.0. The molecule has 2 aromatic rings. The summed E-state index contributed by atoms with van der Waals surface area (Å²) in [6.07, 6.45) is -12.5. The molecule has 21 heteroatoms. The van der Waals surface area contributed by atoms with Crippen LogP contribution < -0.4 is 5.56 Å². The molecule has 0 spiro atoms. The predicted molar refractivity (Wildman–Crippen MR) is 114 cm³/mol. The average molecular weight is 574 g/mol. The van der Waals surface area contributed by atoms with Crippen LogP contribution >= 0.6 is 15.6 Å². The van der Waals surface area contributed by atoms with Crippen LogP contribution in [0.2, 0.25) is 0 Å². The molecule has 2 aromatic heterocycles. The molecule has 4 heterocycles. The van der Waals surface area contributed by atoms with E-state index in [0.29, 0.717) is 0 Å². The quantitative estimate of drug-likeness (QED) is 0.144. The topological polar surface area (TPSA) is 285 Å². The molecule has 8 N–H and O–H groups in total. The standard InChI is InChI=1S/C16H24N4O15P2/c1-5-8(21)10(23)12(25)16(32-5)34-37(29,30)35-36(27,28)31-2-6-9(22)11(24)15(33-6)20-4-19-7-13(20)17-3-18-14(7)26/h3-6,8-12,15-16,21-25H,2H2,1H3,(H,27,28)(H,29,30)(H,17,18,26)/t5-,6+,8-,9+,10-,11+,12-,15+,16+/m0/s1. The molecule has 208 valence electrons. The summed E-state index contributed by atoms with van der Waals surface area (Å²) in [6.45, 7) is 0.322. The number of phosphoric acid groups is 2. The third-order valence-corrected chi connectivity index (χ3v) is 8.23. The van der Waals surface area contributed by atoms with Crippen LogP contribution in [-0.2, 0) is 32.0 Å². The molecule has 0 saturated carbocycles. The summed E-state index contributed by atoms with van der Waals surface area (Å²) in [4.78, 5) is 41.6. The summed E-state index contributed by atoms with van der Waals surface area (Å²) in [5.41, 5.74) is -0.643. The highest BCUT2D eigenvalue weighted by Crippen LogP contribution is 2.61. The van der Waals surface area contributed by atoms with Gasteiger partial charge in [-0.15, -0.1) is 0 Å². The molecule has 2 aliphatic heterocycles. The van der Waals surface area contributed by atoms with E-state index in [1.807, 2.05) is 0 Å². The highest BCUT2D eigenvalue weighted by Gasteiger charge is 2.49. The van der Waals surface area contributed by atoms with Crippen LogP contribution in [0.1, 0.15) is 13.2 Å². The number of aliphatic hydroxyl groups excluding tert-OH is 5. The van der Waals surface area contributed by atoms with Crippen LogP contribution in [0.5, 0.6) is 0 Å². The Morgan fingerprint density at radius 2 is 1.70 bits per heavy atom. The zero-order chi connectivity index (χ0) is 27.3. The lowest BCUT2D eigenvalue weighted by molar-refractivity contribution is -0.271. The molecule has 19 nitrogen and oxygen atoms in total. The number of aromatic nitrogens is 4. The Bertz CT molecular complexity index is 1270. The van der Waals surface area contributed by atoms with Gasteiger partial charge in [0.25, 0.3) is 5.56 Å². The molecule has 0 bridgehead atoms. The van der Waals surface area contributed by atoms with Crippen molar-refractivity contribution in [2.45, 2.75) is 62.2 Å². The lowest BCUT2D eigenvalue weighted by Gasteiger charge is -2.38. The van der Waals surface area contributed by atoms with Gasteiger partial charge in [-0.3, -0.25) is 18.4 Å². The third-order valence-electron chi connectivity index (χ3n) is 5.63. The molecule has 0 radical (unpaired) electrons. The molecule has 2 unspecified atom stereocenters. The molecular formula is C16H24N4O15P2. The van der Waals surface area contributed by atoms with Crippen LogP contribution in [0.25, 0.3) is 11.2 Å². The van der Waals surface area contributed by atoms with Gasteiger partial charge >= 0.3 is 15.6 Å². The van der Waals surface area contributed by atoms with E-state index in [1.54, 1.807) is 0 Å². The largest absolute Gasteiger partial charge is 0.483 e. The van der Waals surface area contributed by atoms with Gasteiger partial charge in [-0.25, -0.2) is 19.1 Å². The van der Waals surface area contributed by atoms with Crippen LogP contribution in [-0.4, -0.2) is 110 Å². The maximum Gasteiger partial charge on any atom is 0.483 e. The molecule has 0 aromatic carbocycles. The van der Waals surface area contributed by atoms with Gasteiger partial charge in [-0.2, -0.15) is 4.31 Å². The second-order valence-electron chi connectivity index (χ2n) is 8.20. The van der Waals surface area contributed by atoms with Crippen LogP contribution in [0.3, 0.4) is 0 Å². The van der Waals surface area contributed by atoms with Gasteiger partial charge in [0.05, 0.1) is 25.4 Å². The van der Waals surface area contributed by atoms with Crippen molar-refractivity contribution >= 4 is 26.8 Å². The second kappa shape index (κ2) is 10.5. The fourth-order valence-electron chi connectivity index (χ4n) is 3.72. The molecule has 0 amide bonds. The highest BCUT2D eigenvalue weighted by molar-refractivity contribution is 7.61. The van der Waals surface area contributed by atoms with Gasteiger partial charge in [0.1, 0.15) is 36.6 Å². The monoisotopic (exact) mass is 574 g/mol. The number of aliphatic hydroxyl groups is 5. The van der Waals surface area contributed by atoms with E-state index in [0.717, 1.165) is 17.2 Å². The number of hydrogen-bond donors (Lipinski definition) is 8. The Balaban J connectivity index is 1.38. The van der Waals surface area contributed by atoms with Crippen molar-refractivity contribution in [2.24, 2.45) is 0 Å². The fraction of sp³-hybridized carbons (Fsp3) is 0.688. The van der Waals surface area contributed by atoms with Gasteiger partial charge in [0, 0.05) is 0 Å². The Morgan fingerprint density at radius 3 is 2.41 bits per heavy atom. The Kier molecular flexibility index (Phi) is 8.03. The fourth-order valence-corrected chi connectivity index (χ4v) is 5.88. The van der Waals surface area contributed by atoms with E-state index in [2.05, 4.69) is 28.3 Å². The molecule has 4 rings (SSSR count). The minimum absolute atomic E-state index is 0.00942. The Hall–Kier alpha value is -1.67. The van der Waals surface area contributed by atoms with Crippen molar-refractivity contribution in [2.75, 3.05) is 6.61 Å². The Labute approximate surface area is 206 Å². The Morgan fingerprint density at radius 1 is 1.00 bits per heavy atom. The molecule has 2 fully saturated rings. The van der Waals surface area contributed by atoms with Crippen molar-refractivity contribution < 1.29 is 67.3 Å². The molecule has 2 aliphatic rings. The number of nitrogens with one attached hydrogen (secondary N) is 1. The summed E-state index contributed by atoms with van der Waals surface area (Å²) >= 11 is 0. The van der Waals surface area contributed by atoms with E-state index >= 15 is 0 Å². The van der Waals surface area contributed by atoms with Gasteiger partial charge in [0.2, 0.25) is 0 Å². The summed E-state index contributed by atoms with van der Waals surface area (Å²) in [7, 11) is -10.9. The smallest absolute Gasteiger partial charge is 0.388 e. The second-order valence-corrected chi connectivity index (χ2v) is 11.2. The van der Waals surface area contributed by atoms with Crippen molar-refractivity contribution in [1.29, 1.82) is 0 Å². The minimum Gasteiger partial charge on any atom is -0.388 e. The third kappa shape index (κ3) is 5.85. The number of hydrogen-bond acceptors (Lipinski definition) is 15. The average Bonchev–Trinajstić information content (AvgIpc) is 3.36. The van der Waals surface area contributed by atoms with Crippen molar-refractivity contribution in [3.63, 3.8) is 0 Å². The first-order valence-corrected chi connectivity index (χ1v) is 13.5. The number of rotatable bonds is 8. The summed E-state index contributed by atoms with van der Waals surface area (Å²) in [6, 6.07) is 0. The van der Waals surface area contributed by atoms with E-state index in [4.69, 9.17) is 9.47 Å². The number of phosphoric ester groups is 2. The number of nitrogens with zero attached hydrogens (tertiary/aromatic N) is 3. The van der Waals surface area contributed by atoms with E-state index < -0.39 is 83.1 Å². The summed E-state index contributed by atoms with van der Waals surface area (Å²) in [5.74, 6) is 0. The van der Waals surface area contributed by atoms with Crippen molar-refractivity contribution in [3.8, 4) is 0 Å². The van der Waals surface area contributed by atoms with Crippen LogP contribution in [0.4, 0.5) is 0 Å². The number of ether oxygens (including phenoxy) is 2. The zero-order valence-corrected chi connectivity index (χ0v) is 20.5. The number of H-pyrrole nitrogens is 1. The molecule has 0 aliphatic carbocycles. The van der Waals surface area contributed by atoms with E-state index in [-0.39, 0.29) is 11.2 Å². The first kappa shape index (κ1) is 28.3. The molecule has 37 heavy (non-hydrogen) atoms. The van der Waals surface area contributed by atoms with E-state index in [9.17, 15) is 49.2 Å². The van der Waals surface area contributed by atoms with Gasteiger partial charge in [-0.1, -0.05) is 0 Å². The van der Waals surface area contributed by atoms with Gasteiger partial charge in [-0.05, 0) is 6.92 Å². The number of fused-ring (bicyclic) bond motifs is 1. The van der Waals surface area contributed by atoms with Gasteiger partial charge in [0.15, 0.2) is 23.7 Å². The first-order chi connectivity index (χ1) is 17.2. The number of aromatic amines is 1.